The van der Waals surface area contributed by atoms with Crippen molar-refractivity contribution in [2.75, 3.05) is 26.2 Å². The van der Waals surface area contributed by atoms with Gasteiger partial charge < -0.3 is 29.9 Å². The third kappa shape index (κ3) is 12.4. The first-order valence-corrected chi connectivity index (χ1v) is 19.0. The Morgan fingerprint density at radius 3 is 1.91 bits per heavy atom. The van der Waals surface area contributed by atoms with Crippen molar-refractivity contribution in [3.63, 3.8) is 0 Å². The van der Waals surface area contributed by atoms with Crippen LogP contribution < -0.4 is 4.74 Å². The smallest absolute Gasteiger partial charge is 0.415 e. The SMILES string of the molecule is Cc1ccc(CCc2ccc(OC(=O)N3CCC(Sc4nnnn4CCC(=O)O)CC3)cc2)nc1.O=C(O)Cn1nnnc1SC1CCN(C(=O)O)CC1. The van der Waals surface area contributed by atoms with E-state index in [-0.39, 0.29) is 36.1 Å². The number of carboxylic acid groups (broad SMARTS) is 3. The van der Waals surface area contributed by atoms with Gasteiger partial charge in [-0.2, -0.15) is 0 Å². The topological polar surface area (TPSA) is 245 Å². The van der Waals surface area contributed by atoms with E-state index in [1.165, 1.54) is 37.8 Å². The van der Waals surface area contributed by atoms with E-state index in [4.69, 9.17) is 20.1 Å². The molecule has 5 heterocycles. The van der Waals surface area contributed by atoms with Gasteiger partial charge in [-0.15, -0.1) is 10.2 Å². The lowest BCUT2D eigenvalue weighted by molar-refractivity contribution is -0.138. The number of carbonyl (C=O) groups excluding carboxylic acids is 1. The molecule has 4 aromatic rings. The standard InChI is InChI=1S/C24H28N6O4S.C9H13N5O4S/c1-17-2-6-19(25-16-17)7-3-18-4-8-20(9-5-18)34-24(33)29-13-10-21(11-14-29)35-23-26-27-28-30(23)15-12-22(31)32;15-7(16)5-14-8(10-11-12-14)19-6-1-3-13(4-2-6)9(17)18/h2,4-6,8-9,16,21H,3,7,10-15H2,1H3,(H,31,32);6H,1-5H2,(H,15,16)(H,17,18). The van der Waals surface area contributed by atoms with Gasteiger partial charge in [-0.25, -0.2) is 19.0 Å². The Labute approximate surface area is 318 Å². The molecule has 3 N–H and O–H groups in total. The second-order valence-electron chi connectivity index (χ2n) is 12.6. The molecule has 54 heavy (non-hydrogen) atoms. The number of amides is 2. The fraction of sp³-hybridized carbons (Fsp3) is 0.485. The van der Waals surface area contributed by atoms with E-state index in [9.17, 15) is 19.2 Å². The fourth-order valence-corrected chi connectivity index (χ4v) is 7.69. The number of aliphatic carboxylic acids is 2. The Bertz CT molecular complexity index is 1840. The minimum Gasteiger partial charge on any atom is -0.481 e. The molecule has 21 heteroatoms. The summed E-state index contributed by atoms with van der Waals surface area (Å²) in [6.45, 7) is 4.10. The normalized spacial score (nSPS) is 15.0. The molecule has 3 aromatic heterocycles. The van der Waals surface area contributed by atoms with E-state index in [2.05, 4.69) is 48.2 Å². The van der Waals surface area contributed by atoms with Crippen LogP contribution in [0.15, 0.2) is 52.9 Å². The number of thioether (sulfide) groups is 2. The van der Waals surface area contributed by atoms with Crippen molar-refractivity contribution in [2.45, 2.75) is 85.8 Å². The zero-order valence-corrected chi connectivity index (χ0v) is 31.1. The van der Waals surface area contributed by atoms with Gasteiger partial charge in [-0.05, 0) is 95.6 Å². The highest BCUT2D eigenvalue weighted by Gasteiger charge is 2.27. The summed E-state index contributed by atoms with van der Waals surface area (Å²) in [5, 5.41) is 50.3. The number of hydrogen-bond acceptors (Lipinski definition) is 14. The summed E-state index contributed by atoms with van der Waals surface area (Å²) in [4.78, 5) is 52.3. The van der Waals surface area contributed by atoms with Crippen molar-refractivity contribution in [3.05, 3.63) is 59.4 Å². The summed E-state index contributed by atoms with van der Waals surface area (Å²) in [6, 6.07) is 11.7. The van der Waals surface area contributed by atoms with Gasteiger partial charge in [0.1, 0.15) is 12.3 Å². The highest BCUT2D eigenvalue weighted by Crippen LogP contribution is 2.30. The van der Waals surface area contributed by atoms with Crippen LogP contribution in [0.3, 0.4) is 0 Å². The van der Waals surface area contributed by atoms with Crippen LogP contribution in [-0.2, 0) is 35.5 Å². The first-order valence-electron chi connectivity index (χ1n) is 17.3. The Balaban J connectivity index is 0.000000249. The molecule has 19 nitrogen and oxygen atoms in total. The summed E-state index contributed by atoms with van der Waals surface area (Å²) < 4.78 is 8.32. The van der Waals surface area contributed by atoms with Crippen molar-refractivity contribution >= 4 is 47.6 Å². The number of carbonyl (C=O) groups is 4. The van der Waals surface area contributed by atoms with E-state index >= 15 is 0 Å². The van der Waals surface area contributed by atoms with E-state index in [1.54, 1.807) is 4.90 Å². The number of pyridine rings is 1. The van der Waals surface area contributed by atoms with Gasteiger partial charge in [0.15, 0.2) is 0 Å². The third-order valence-corrected chi connectivity index (χ3v) is 11.2. The summed E-state index contributed by atoms with van der Waals surface area (Å²) in [7, 11) is 0. The van der Waals surface area contributed by atoms with Gasteiger partial charge in [-0.3, -0.25) is 14.6 Å². The number of aryl methyl sites for hydroxylation is 4. The summed E-state index contributed by atoms with van der Waals surface area (Å²) in [5.41, 5.74) is 3.37. The van der Waals surface area contributed by atoms with E-state index in [0.717, 1.165) is 42.5 Å². The van der Waals surface area contributed by atoms with E-state index in [1.807, 2.05) is 37.4 Å². The van der Waals surface area contributed by atoms with Crippen molar-refractivity contribution in [3.8, 4) is 5.75 Å². The second kappa shape index (κ2) is 19.7. The van der Waals surface area contributed by atoms with Gasteiger partial charge in [0.2, 0.25) is 10.3 Å². The largest absolute Gasteiger partial charge is 0.481 e. The number of piperidine rings is 2. The molecular formula is C33H41N11O8S2. The molecular weight excluding hydrogens is 743 g/mol. The van der Waals surface area contributed by atoms with Crippen molar-refractivity contribution in [1.82, 2.24) is 55.2 Å². The Hall–Kier alpha value is -5.31. The number of benzene rings is 1. The molecule has 2 aliphatic heterocycles. The van der Waals surface area contributed by atoms with Crippen LogP contribution in [0.2, 0.25) is 0 Å². The molecule has 0 atom stereocenters. The summed E-state index contributed by atoms with van der Waals surface area (Å²) in [5.74, 6) is -1.37. The number of rotatable bonds is 13. The van der Waals surface area contributed by atoms with Gasteiger partial charge in [-0.1, -0.05) is 41.7 Å². The average molecular weight is 784 g/mol. The Kier molecular flexibility index (Phi) is 14.5. The number of likely N-dealkylation sites (tertiary alicyclic amines) is 2. The van der Waals surface area contributed by atoms with Crippen LogP contribution in [0.5, 0.6) is 5.75 Å². The highest BCUT2D eigenvalue weighted by molar-refractivity contribution is 8.00. The monoisotopic (exact) mass is 783 g/mol. The maximum Gasteiger partial charge on any atom is 0.415 e. The quantitative estimate of drug-likeness (QED) is 0.176. The van der Waals surface area contributed by atoms with Crippen molar-refractivity contribution in [2.24, 2.45) is 0 Å². The number of ether oxygens (including phenoxy) is 1. The number of aromatic nitrogens is 9. The molecule has 2 fully saturated rings. The van der Waals surface area contributed by atoms with Gasteiger partial charge in [0.25, 0.3) is 0 Å². The zero-order valence-electron chi connectivity index (χ0n) is 29.5. The van der Waals surface area contributed by atoms with Crippen molar-refractivity contribution < 1.29 is 39.2 Å². The van der Waals surface area contributed by atoms with Gasteiger partial charge in [0.05, 0.1) is 13.0 Å². The Morgan fingerprint density at radius 1 is 0.759 bits per heavy atom. The molecule has 0 bridgehead atoms. The summed E-state index contributed by atoms with van der Waals surface area (Å²) in [6.07, 6.45) is 5.28. The minimum absolute atomic E-state index is 0.0339. The predicted octanol–water partition coefficient (Wildman–Crippen LogP) is 3.38. The van der Waals surface area contributed by atoms with Crippen LogP contribution >= 0.6 is 23.5 Å². The first-order chi connectivity index (χ1) is 26.0. The molecule has 0 aliphatic carbocycles. The van der Waals surface area contributed by atoms with Crippen LogP contribution in [0.4, 0.5) is 9.59 Å². The maximum absolute atomic E-state index is 12.6. The fourth-order valence-electron chi connectivity index (χ4n) is 5.56. The molecule has 0 spiro atoms. The minimum atomic E-state index is -1.00. The molecule has 288 valence electrons. The lowest BCUT2D eigenvalue weighted by Crippen LogP contribution is -2.41. The lowest BCUT2D eigenvalue weighted by Gasteiger charge is -2.30. The molecule has 1 aromatic carbocycles. The molecule has 0 radical (unpaired) electrons. The molecule has 6 rings (SSSR count). The summed E-state index contributed by atoms with van der Waals surface area (Å²) >= 11 is 2.92. The molecule has 2 saturated heterocycles. The number of tetrazole rings is 2. The highest BCUT2D eigenvalue weighted by atomic mass is 32.2. The van der Waals surface area contributed by atoms with Crippen LogP contribution in [0.1, 0.15) is 48.9 Å². The predicted molar refractivity (Wildman–Crippen MR) is 193 cm³/mol. The van der Waals surface area contributed by atoms with E-state index < -0.39 is 18.0 Å². The zero-order chi connectivity index (χ0) is 38.5. The van der Waals surface area contributed by atoms with E-state index in [0.29, 0.717) is 55.1 Å². The number of carboxylic acids is 2. The van der Waals surface area contributed by atoms with Crippen LogP contribution in [-0.4, -0.2) is 131 Å². The van der Waals surface area contributed by atoms with Crippen LogP contribution in [0.25, 0.3) is 0 Å². The molecule has 2 aliphatic rings. The second-order valence-corrected chi connectivity index (χ2v) is 15.1. The number of hydrogen-bond donors (Lipinski definition) is 3. The molecule has 0 saturated carbocycles. The van der Waals surface area contributed by atoms with Gasteiger partial charge >= 0.3 is 24.1 Å². The lowest BCUT2D eigenvalue weighted by atomic mass is 10.1. The van der Waals surface area contributed by atoms with Gasteiger partial charge in [0, 0.05) is 48.6 Å². The molecule has 2 amide bonds. The first kappa shape index (κ1) is 39.9. The third-order valence-electron chi connectivity index (χ3n) is 8.55. The maximum atomic E-state index is 12.6. The Morgan fingerprint density at radius 2 is 1.35 bits per heavy atom. The average Bonchev–Trinajstić information content (AvgIpc) is 3.80. The van der Waals surface area contributed by atoms with Crippen molar-refractivity contribution in [1.29, 1.82) is 0 Å². The number of nitrogens with zero attached hydrogens (tertiary/aromatic N) is 11. The molecule has 0 unspecified atom stereocenters. The van der Waals surface area contributed by atoms with Crippen LogP contribution in [0, 0.1) is 6.92 Å².